The Morgan fingerprint density at radius 1 is 1.03 bits per heavy atom. The minimum absolute atomic E-state index is 0.0188. The first-order valence-electron chi connectivity index (χ1n) is 9.07. The van der Waals surface area contributed by atoms with E-state index >= 15 is 0 Å². The van der Waals surface area contributed by atoms with Gasteiger partial charge in [-0.15, -0.1) is 10.2 Å². The van der Waals surface area contributed by atoms with Crippen molar-refractivity contribution in [1.82, 2.24) is 15.2 Å². The van der Waals surface area contributed by atoms with Gasteiger partial charge in [-0.05, 0) is 24.6 Å². The van der Waals surface area contributed by atoms with Crippen LogP contribution in [0.3, 0.4) is 0 Å². The second kappa shape index (κ2) is 9.26. The number of nitrogens with zero attached hydrogens (tertiary/aromatic N) is 4. The third kappa shape index (κ3) is 4.64. The first-order chi connectivity index (χ1) is 14.8. The van der Waals surface area contributed by atoms with Crippen LogP contribution in [0.25, 0.3) is 5.76 Å². The Balaban J connectivity index is 0.000000628. The number of anilines is 1. The largest absolute Gasteiger partial charge is 0.507 e. The van der Waals surface area contributed by atoms with Crippen LogP contribution in [-0.4, -0.2) is 43.1 Å². The maximum atomic E-state index is 12.8. The summed E-state index contributed by atoms with van der Waals surface area (Å²) in [6.07, 6.45) is 3.02. The van der Waals surface area contributed by atoms with E-state index in [1.54, 1.807) is 31.2 Å². The standard InChI is InChI=1S/C19H14N4O3S.C2H4O2/c1-11-21-22-19(27-11)23-15(12-5-3-2-4-6-12)14(17(25)18(23)26)16(24)13-7-9-20-10-8-13;1-2(3)4/h2-10,15,24H,1H3;1H3,(H,3,4)/b16-14+;. The lowest BCUT2D eigenvalue weighted by atomic mass is 9.96. The van der Waals surface area contributed by atoms with Crippen LogP contribution in [0, 0.1) is 6.92 Å². The molecule has 10 heteroatoms. The van der Waals surface area contributed by atoms with Gasteiger partial charge < -0.3 is 10.2 Å². The van der Waals surface area contributed by atoms with Crippen LogP contribution >= 0.6 is 11.3 Å². The quantitative estimate of drug-likeness (QED) is 0.362. The van der Waals surface area contributed by atoms with Gasteiger partial charge in [-0.2, -0.15) is 0 Å². The molecule has 1 aliphatic rings. The summed E-state index contributed by atoms with van der Waals surface area (Å²) in [5.41, 5.74) is 1.13. The smallest absolute Gasteiger partial charge is 0.301 e. The minimum Gasteiger partial charge on any atom is -0.507 e. The molecule has 1 aliphatic heterocycles. The average molecular weight is 438 g/mol. The van der Waals surface area contributed by atoms with Crippen LogP contribution in [0.15, 0.2) is 60.4 Å². The molecule has 1 saturated heterocycles. The molecular formula is C21H18N4O5S. The minimum atomic E-state index is -0.833. The number of hydrogen-bond acceptors (Lipinski definition) is 8. The van der Waals surface area contributed by atoms with Gasteiger partial charge in [0.25, 0.3) is 11.8 Å². The molecule has 3 heterocycles. The molecular weight excluding hydrogens is 420 g/mol. The fraction of sp³-hybridized carbons (Fsp3) is 0.143. The molecule has 0 spiro atoms. The second-order valence-electron chi connectivity index (χ2n) is 6.44. The fourth-order valence-electron chi connectivity index (χ4n) is 3.03. The molecule has 0 aliphatic carbocycles. The first-order valence-corrected chi connectivity index (χ1v) is 9.89. The number of aliphatic hydroxyl groups excluding tert-OH is 1. The summed E-state index contributed by atoms with van der Waals surface area (Å²) in [5, 5.41) is 27.2. The van der Waals surface area contributed by atoms with E-state index in [-0.39, 0.29) is 11.3 Å². The van der Waals surface area contributed by atoms with Crippen LogP contribution in [0.4, 0.5) is 5.13 Å². The van der Waals surface area contributed by atoms with E-state index in [0.29, 0.717) is 21.3 Å². The van der Waals surface area contributed by atoms with Gasteiger partial charge in [0.05, 0.1) is 11.6 Å². The topological polar surface area (TPSA) is 134 Å². The second-order valence-corrected chi connectivity index (χ2v) is 7.60. The van der Waals surface area contributed by atoms with Crippen molar-refractivity contribution in [3.05, 3.63) is 76.6 Å². The van der Waals surface area contributed by atoms with Crippen LogP contribution in [0.5, 0.6) is 0 Å². The lowest BCUT2D eigenvalue weighted by Gasteiger charge is -2.22. The van der Waals surface area contributed by atoms with Crippen molar-refractivity contribution in [3.63, 3.8) is 0 Å². The molecule has 1 fully saturated rings. The van der Waals surface area contributed by atoms with Crippen LogP contribution in [-0.2, 0) is 14.4 Å². The number of carbonyl (C=O) groups is 3. The summed E-state index contributed by atoms with van der Waals surface area (Å²) < 4.78 is 0. The molecule has 1 unspecified atom stereocenters. The predicted molar refractivity (Wildman–Crippen MR) is 113 cm³/mol. The molecule has 158 valence electrons. The molecule has 2 aromatic heterocycles. The van der Waals surface area contributed by atoms with Gasteiger partial charge in [-0.3, -0.25) is 24.3 Å². The highest BCUT2D eigenvalue weighted by atomic mass is 32.1. The number of pyridine rings is 1. The number of Topliss-reactive ketones (excluding diaryl/α,β-unsaturated/α-hetero) is 1. The van der Waals surface area contributed by atoms with Gasteiger partial charge in [-0.25, -0.2) is 0 Å². The number of rotatable bonds is 3. The molecule has 1 aromatic carbocycles. The lowest BCUT2D eigenvalue weighted by Crippen LogP contribution is -2.29. The van der Waals surface area contributed by atoms with Crippen molar-refractivity contribution in [3.8, 4) is 0 Å². The maximum Gasteiger partial charge on any atom is 0.301 e. The molecule has 2 N–H and O–H groups in total. The zero-order valence-corrected chi connectivity index (χ0v) is 17.4. The molecule has 0 bridgehead atoms. The first kappa shape index (κ1) is 21.8. The van der Waals surface area contributed by atoms with Crippen molar-refractivity contribution in [2.75, 3.05) is 4.90 Å². The summed E-state index contributed by atoms with van der Waals surface area (Å²) in [4.78, 5) is 39.8. The van der Waals surface area contributed by atoms with E-state index in [2.05, 4.69) is 15.2 Å². The van der Waals surface area contributed by atoms with E-state index in [1.165, 1.54) is 28.6 Å². The Morgan fingerprint density at radius 2 is 1.65 bits per heavy atom. The van der Waals surface area contributed by atoms with Gasteiger partial charge in [-0.1, -0.05) is 41.7 Å². The molecule has 0 radical (unpaired) electrons. The Bertz CT molecular complexity index is 1140. The number of amides is 1. The van der Waals surface area contributed by atoms with Crippen molar-refractivity contribution in [2.24, 2.45) is 0 Å². The van der Waals surface area contributed by atoms with Crippen LogP contribution < -0.4 is 4.90 Å². The number of carboxylic acid groups (broad SMARTS) is 1. The predicted octanol–water partition coefficient (Wildman–Crippen LogP) is 2.96. The van der Waals surface area contributed by atoms with Gasteiger partial charge in [0, 0.05) is 24.9 Å². The number of ketones is 1. The number of carbonyl (C=O) groups excluding carboxylic acids is 2. The summed E-state index contributed by atoms with van der Waals surface area (Å²) in [6, 6.07) is 11.5. The van der Waals surface area contributed by atoms with Crippen molar-refractivity contribution in [2.45, 2.75) is 19.9 Å². The number of carboxylic acids is 1. The summed E-state index contributed by atoms with van der Waals surface area (Å²) >= 11 is 1.22. The fourth-order valence-corrected chi connectivity index (χ4v) is 3.74. The zero-order chi connectivity index (χ0) is 22.5. The van der Waals surface area contributed by atoms with Gasteiger partial charge in [0.15, 0.2) is 0 Å². The number of aliphatic hydroxyl groups is 1. The zero-order valence-electron chi connectivity index (χ0n) is 16.6. The summed E-state index contributed by atoms with van der Waals surface area (Å²) in [6.45, 7) is 2.85. The number of aromatic nitrogens is 3. The molecule has 9 nitrogen and oxygen atoms in total. The SMILES string of the molecule is CC(=O)O.Cc1nnc(N2C(=O)C(=O)/C(=C(/O)c3ccncc3)C2c2ccccc2)s1. The Hall–Kier alpha value is -3.92. The maximum absolute atomic E-state index is 12.8. The highest BCUT2D eigenvalue weighted by molar-refractivity contribution is 7.15. The number of hydrogen-bond donors (Lipinski definition) is 2. The van der Waals surface area contributed by atoms with E-state index in [4.69, 9.17) is 9.90 Å². The highest BCUT2D eigenvalue weighted by Gasteiger charge is 2.48. The van der Waals surface area contributed by atoms with Crippen LogP contribution in [0.2, 0.25) is 0 Å². The third-order valence-corrected chi connectivity index (χ3v) is 5.07. The van der Waals surface area contributed by atoms with E-state index in [9.17, 15) is 14.7 Å². The molecule has 1 atom stereocenters. The van der Waals surface area contributed by atoms with Crippen molar-refractivity contribution >= 4 is 39.9 Å². The lowest BCUT2D eigenvalue weighted by molar-refractivity contribution is -0.134. The molecule has 31 heavy (non-hydrogen) atoms. The third-order valence-electron chi connectivity index (χ3n) is 4.23. The average Bonchev–Trinajstić information content (AvgIpc) is 3.29. The van der Waals surface area contributed by atoms with E-state index in [1.807, 2.05) is 18.2 Å². The van der Waals surface area contributed by atoms with Gasteiger partial charge in [0.2, 0.25) is 5.13 Å². The van der Waals surface area contributed by atoms with Gasteiger partial charge in [0.1, 0.15) is 10.8 Å². The number of aryl methyl sites for hydroxylation is 1. The Morgan fingerprint density at radius 3 is 2.19 bits per heavy atom. The summed E-state index contributed by atoms with van der Waals surface area (Å²) in [7, 11) is 0. The Labute approximate surface area is 181 Å². The van der Waals surface area contributed by atoms with Crippen molar-refractivity contribution in [1.29, 1.82) is 0 Å². The number of benzene rings is 1. The van der Waals surface area contributed by atoms with Gasteiger partial charge >= 0.3 is 5.91 Å². The Kier molecular flexibility index (Phi) is 6.51. The van der Waals surface area contributed by atoms with E-state index in [0.717, 1.165) is 6.92 Å². The molecule has 0 saturated carbocycles. The normalized spacial score (nSPS) is 17.2. The number of aliphatic carboxylic acids is 1. The monoisotopic (exact) mass is 438 g/mol. The summed E-state index contributed by atoms with van der Waals surface area (Å²) in [5.74, 6) is -2.57. The molecule has 4 rings (SSSR count). The molecule has 1 amide bonds. The van der Waals surface area contributed by atoms with Crippen LogP contribution in [0.1, 0.15) is 29.1 Å². The van der Waals surface area contributed by atoms with E-state index < -0.39 is 23.7 Å². The molecule has 3 aromatic rings. The van der Waals surface area contributed by atoms with Crippen molar-refractivity contribution < 1.29 is 24.6 Å². The highest BCUT2D eigenvalue weighted by Crippen LogP contribution is 2.42.